The quantitative estimate of drug-likeness (QED) is 0.798. The van der Waals surface area contributed by atoms with Gasteiger partial charge in [0.1, 0.15) is 16.9 Å². The molecule has 0 aliphatic carbocycles. The third-order valence-electron chi connectivity index (χ3n) is 3.62. The van der Waals surface area contributed by atoms with Crippen molar-refractivity contribution in [1.29, 1.82) is 0 Å². The molecular formula is C18H14FNO3. The Hall–Kier alpha value is -2.95. The van der Waals surface area contributed by atoms with Crippen LogP contribution in [0.3, 0.4) is 0 Å². The fourth-order valence-corrected chi connectivity index (χ4v) is 2.53. The maximum absolute atomic E-state index is 12.9. The fourth-order valence-electron chi connectivity index (χ4n) is 2.53. The van der Waals surface area contributed by atoms with Gasteiger partial charge in [-0.05, 0) is 41.8 Å². The van der Waals surface area contributed by atoms with Gasteiger partial charge in [0.2, 0.25) is 0 Å². The molecule has 3 aromatic rings. The highest BCUT2D eigenvalue weighted by Gasteiger charge is 2.15. The average molecular weight is 311 g/mol. The molecule has 0 saturated heterocycles. The molecule has 0 aliphatic rings. The van der Waals surface area contributed by atoms with Gasteiger partial charge in [0.25, 0.3) is 0 Å². The van der Waals surface area contributed by atoms with Crippen molar-refractivity contribution in [3.8, 4) is 5.75 Å². The van der Waals surface area contributed by atoms with Gasteiger partial charge >= 0.3 is 5.97 Å². The zero-order valence-corrected chi connectivity index (χ0v) is 12.4. The molecule has 4 nitrogen and oxygen atoms in total. The van der Waals surface area contributed by atoms with Crippen LogP contribution >= 0.6 is 0 Å². The highest BCUT2D eigenvalue weighted by atomic mass is 19.1. The van der Waals surface area contributed by atoms with E-state index < -0.39 is 5.97 Å². The highest BCUT2D eigenvalue weighted by Crippen LogP contribution is 2.29. The Morgan fingerprint density at radius 1 is 1.17 bits per heavy atom. The minimum atomic E-state index is -1.05. The van der Waals surface area contributed by atoms with Crippen LogP contribution in [0.4, 0.5) is 4.39 Å². The molecule has 0 fully saturated rings. The van der Waals surface area contributed by atoms with Crippen LogP contribution in [-0.2, 0) is 6.42 Å². The number of rotatable bonds is 4. The molecule has 2 aromatic carbocycles. The van der Waals surface area contributed by atoms with Crippen molar-refractivity contribution < 1.29 is 19.0 Å². The van der Waals surface area contributed by atoms with Gasteiger partial charge in [0.05, 0.1) is 7.11 Å². The standard InChI is InChI=1S/C18H14FNO3/c1-23-17-15(18(21)22)7-4-13-9-12(10-20-16(13)17)8-11-2-5-14(19)6-3-11/h2-7,9-10H,8H2,1H3,(H,21,22). The van der Waals surface area contributed by atoms with Gasteiger partial charge in [0.15, 0.2) is 5.75 Å². The summed E-state index contributed by atoms with van der Waals surface area (Å²) >= 11 is 0. The molecule has 0 atom stereocenters. The third-order valence-corrected chi connectivity index (χ3v) is 3.62. The third kappa shape index (κ3) is 2.99. The summed E-state index contributed by atoms with van der Waals surface area (Å²) in [6.45, 7) is 0. The average Bonchev–Trinajstić information content (AvgIpc) is 2.55. The van der Waals surface area contributed by atoms with Crippen molar-refractivity contribution in [3.05, 3.63) is 71.2 Å². The van der Waals surface area contributed by atoms with Gasteiger partial charge in [-0.25, -0.2) is 9.18 Å². The fraction of sp³-hybridized carbons (Fsp3) is 0.111. The Morgan fingerprint density at radius 2 is 1.91 bits per heavy atom. The summed E-state index contributed by atoms with van der Waals surface area (Å²) in [6.07, 6.45) is 2.30. The van der Waals surface area contributed by atoms with Crippen LogP contribution in [0.1, 0.15) is 21.5 Å². The zero-order valence-electron chi connectivity index (χ0n) is 12.4. The normalized spacial score (nSPS) is 10.7. The Balaban J connectivity index is 2.01. The monoisotopic (exact) mass is 311 g/mol. The second kappa shape index (κ2) is 6.04. The number of carboxylic acid groups (broad SMARTS) is 1. The summed E-state index contributed by atoms with van der Waals surface area (Å²) in [4.78, 5) is 15.6. The summed E-state index contributed by atoms with van der Waals surface area (Å²) in [5.74, 6) is -1.07. The van der Waals surface area contributed by atoms with Gasteiger partial charge in [-0.15, -0.1) is 0 Å². The second-order valence-electron chi connectivity index (χ2n) is 5.17. The predicted octanol–water partition coefficient (Wildman–Crippen LogP) is 3.67. The molecule has 116 valence electrons. The number of aromatic carboxylic acids is 1. The van der Waals surface area contributed by atoms with E-state index in [4.69, 9.17) is 4.74 Å². The number of hydrogen-bond donors (Lipinski definition) is 1. The Morgan fingerprint density at radius 3 is 2.57 bits per heavy atom. The molecule has 5 heteroatoms. The first-order valence-corrected chi connectivity index (χ1v) is 7.02. The summed E-state index contributed by atoms with van der Waals surface area (Å²) in [7, 11) is 1.43. The van der Waals surface area contributed by atoms with Crippen molar-refractivity contribution in [1.82, 2.24) is 4.98 Å². The molecule has 0 bridgehead atoms. The molecule has 1 N–H and O–H groups in total. The van der Waals surface area contributed by atoms with Crippen LogP contribution < -0.4 is 4.74 Å². The SMILES string of the molecule is COc1c(C(=O)O)ccc2cc(Cc3ccc(F)cc3)cnc12. The van der Waals surface area contributed by atoms with E-state index >= 15 is 0 Å². The number of aromatic nitrogens is 1. The van der Waals surface area contributed by atoms with E-state index in [2.05, 4.69) is 4.98 Å². The number of halogens is 1. The number of carboxylic acids is 1. The maximum Gasteiger partial charge on any atom is 0.339 e. The van der Waals surface area contributed by atoms with E-state index in [1.165, 1.54) is 25.3 Å². The van der Waals surface area contributed by atoms with E-state index in [1.54, 1.807) is 24.4 Å². The first-order chi connectivity index (χ1) is 11.1. The number of ether oxygens (including phenoxy) is 1. The number of pyridine rings is 1. The molecule has 0 spiro atoms. The molecule has 0 unspecified atom stereocenters. The van der Waals surface area contributed by atoms with E-state index in [9.17, 15) is 14.3 Å². The number of carbonyl (C=O) groups is 1. The van der Waals surface area contributed by atoms with Crippen LogP contribution in [0.25, 0.3) is 10.9 Å². The molecule has 1 aromatic heterocycles. The number of benzene rings is 2. The number of nitrogens with zero attached hydrogens (tertiary/aromatic N) is 1. The summed E-state index contributed by atoms with van der Waals surface area (Å²) < 4.78 is 18.2. The lowest BCUT2D eigenvalue weighted by molar-refractivity contribution is 0.0693. The Bertz CT molecular complexity index is 875. The summed E-state index contributed by atoms with van der Waals surface area (Å²) in [6, 6.07) is 11.5. The molecule has 0 radical (unpaired) electrons. The van der Waals surface area contributed by atoms with Gasteiger partial charge in [-0.1, -0.05) is 18.2 Å². The maximum atomic E-state index is 12.9. The van der Waals surface area contributed by atoms with Crippen molar-refractivity contribution >= 4 is 16.9 Å². The van der Waals surface area contributed by atoms with Crippen LogP contribution in [0, 0.1) is 5.82 Å². The van der Waals surface area contributed by atoms with E-state index in [1.807, 2.05) is 6.07 Å². The topological polar surface area (TPSA) is 59.4 Å². The lowest BCUT2D eigenvalue weighted by Crippen LogP contribution is -2.02. The van der Waals surface area contributed by atoms with Gasteiger partial charge in [0, 0.05) is 11.6 Å². The largest absolute Gasteiger partial charge is 0.494 e. The van der Waals surface area contributed by atoms with Crippen LogP contribution in [-0.4, -0.2) is 23.2 Å². The Kier molecular flexibility index (Phi) is 3.93. The molecule has 0 saturated carbocycles. The molecule has 0 amide bonds. The number of methoxy groups -OCH3 is 1. The van der Waals surface area contributed by atoms with Crippen molar-refractivity contribution in [2.75, 3.05) is 7.11 Å². The predicted molar refractivity (Wildman–Crippen MR) is 84.5 cm³/mol. The second-order valence-corrected chi connectivity index (χ2v) is 5.17. The first-order valence-electron chi connectivity index (χ1n) is 7.02. The smallest absolute Gasteiger partial charge is 0.339 e. The minimum absolute atomic E-state index is 0.0822. The lowest BCUT2D eigenvalue weighted by atomic mass is 10.0. The van der Waals surface area contributed by atoms with Gasteiger partial charge in [-0.2, -0.15) is 0 Å². The zero-order chi connectivity index (χ0) is 16.4. The summed E-state index contributed by atoms with van der Waals surface area (Å²) in [5.41, 5.74) is 2.52. The van der Waals surface area contributed by atoms with Crippen molar-refractivity contribution in [2.24, 2.45) is 0 Å². The molecule has 3 rings (SSSR count). The van der Waals surface area contributed by atoms with Gasteiger partial charge < -0.3 is 9.84 Å². The Labute approximate surface area is 132 Å². The van der Waals surface area contributed by atoms with Crippen LogP contribution in [0.2, 0.25) is 0 Å². The highest BCUT2D eigenvalue weighted by molar-refractivity contribution is 5.99. The van der Waals surface area contributed by atoms with Gasteiger partial charge in [-0.3, -0.25) is 4.98 Å². The van der Waals surface area contributed by atoms with E-state index in [0.717, 1.165) is 16.5 Å². The number of hydrogen-bond acceptors (Lipinski definition) is 3. The molecule has 0 aliphatic heterocycles. The van der Waals surface area contributed by atoms with E-state index in [0.29, 0.717) is 11.9 Å². The molecular weight excluding hydrogens is 297 g/mol. The van der Waals surface area contributed by atoms with Crippen LogP contribution in [0.15, 0.2) is 48.7 Å². The van der Waals surface area contributed by atoms with Crippen molar-refractivity contribution in [2.45, 2.75) is 6.42 Å². The van der Waals surface area contributed by atoms with E-state index in [-0.39, 0.29) is 17.1 Å². The summed E-state index contributed by atoms with van der Waals surface area (Å²) in [5, 5.41) is 9.99. The molecule has 23 heavy (non-hydrogen) atoms. The molecule has 1 heterocycles. The van der Waals surface area contributed by atoms with Crippen LogP contribution in [0.5, 0.6) is 5.75 Å². The number of fused-ring (bicyclic) bond motifs is 1. The van der Waals surface area contributed by atoms with Crippen molar-refractivity contribution in [3.63, 3.8) is 0 Å². The lowest BCUT2D eigenvalue weighted by Gasteiger charge is -2.09. The minimum Gasteiger partial charge on any atom is -0.494 e. The first kappa shape index (κ1) is 15.0.